The lowest BCUT2D eigenvalue weighted by molar-refractivity contribution is -0.729. The normalized spacial score (nSPS) is 10.3. The molecule has 0 fully saturated rings. The molecule has 0 amide bonds. The van der Waals surface area contributed by atoms with Gasteiger partial charge in [-0.05, 0) is 17.7 Å². The first-order valence-corrected chi connectivity index (χ1v) is 5.57. The van der Waals surface area contributed by atoms with E-state index < -0.39 is 10.9 Å². The fourth-order valence-electron chi connectivity index (χ4n) is 1.65. The molecule has 0 radical (unpaired) electrons. The molecule has 0 aliphatic rings. The van der Waals surface area contributed by atoms with Gasteiger partial charge in [-0.3, -0.25) is 4.68 Å². The number of aromatic nitrogens is 2. The number of hydrogen-bond donors (Lipinski definition) is 1. The maximum Gasteiger partial charge on any atom is 0.368 e. The Balaban J connectivity index is 2.31. The quantitative estimate of drug-likeness (QED) is 0.680. The zero-order valence-electron chi connectivity index (χ0n) is 10.5. The van der Waals surface area contributed by atoms with Crippen LogP contribution in [0.3, 0.4) is 0 Å². The van der Waals surface area contributed by atoms with Gasteiger partial charge in [0.25, 0.3) is 10.6 Å². The third-order valence-corrected chi connectivity index (χ3v) is 2.59. The van der Waals surface area contributed by atoms with Gasteiger partial charge in [-0.2, -0.15) is 5.10 Å². The first-order valence-electron chi connectivity index (χ1n) is 5.57. The van der Waals surface area contributed by atoms with Crippen molar-refractivity contribution in [3.8, 4) is 0 Å². The molecule has 0 aliphatic heterocycles. The summed E-state index contributed by atoms with van der Waals surface area (Å²) in [4.78, 5) is 21.9. The fourth-order valence-corrected chi connectivity index (χ4v) is 1.65. The fraction of sp³-hybridized carbons (Fsp3) is 0.167. The van der Waals surface area contributed by atoms with Gasteiger partial charge in [-0.25, -0.2) is 14.4 Å². The summed E-state index contributed by atoms with van der Waals surface area (Å²) in [6.45, 7) is 0.206. The standard InChI is InChI=1S/C12H11FN3O4/c1-20-12(17)11-10(16(18)19)7-15(14-11)6-8-2-4-9(13)5-3-8/h2-5,7H,6H2,1H3,(H,18,19)/q+1. The molecular weight excluding hydrogens is 269 g/mol. The predicted octanol–water partition coefficient (Wildman–Crippen LogP) is 1.66. The maximum absolute atomic E-state index is 12.8. The lowest BCUT2D eigenvalue weighted by Gasteiger charge is -2.00. The number of carbonyl (C=O) groups excluding carboxylic acids is 1. The highest BCUT2D eigenvalue weighted by Gasteiger charge is 2.29. The molecule has 1 N–H and O–H groups in total. The van der Waals surface area contributed by atoms with Crippen molar-refractivity contribution in [3.05, 3.63) is 52.4 Å². The Kier molecular flexibility index (Phi) is 3.74. The number of halogens is 1. The predicted molar refractivity (Wildman–Crippen MR) is 64.1 cm³/mol. The van der Waals surface area contributed by atoms with Gasteiger partial charge in [0.1, 0.15) is 12.0 Å². The van der Waals surface area contributed by atoms with E-state index in [1.165, 1.54) is 23.0 Å². The van der Waals surface area contributed by atoms with E-state index in [9.17, 15) is 14.1 Å². The summed E-state index contributed by atoms with van der Waals surface area (Å²) in [6, 6.07) is 5.66. The number of rotatable bonds is 4. The summed E-state index contributed by atoms with van der Waals surface area (Å²) in [5, 5.41) is 12.8. The van der Waals surface area contributed by atoms with Gasteiger partial charge in [0.15, 0.2) is 0 Å². The molecule has 0 spiro atoms. The second-order valence-electron chi connectivity index (χ2n) is 3.95. The zero-order chi connectivity index (χ0) is 14.7. The van der Waals surface area contributed by atoms with Gasteiger partial charge in [0.05, 0.1) is 18.6 Å². The molecule has 2 rings (SSSR count). The minimum atomic E-state index is -0.840. The van der Waals surface area contributed by atoms with Crippen LogP contribution < -0.4 is 0 Å². The van der Waals surface area contributed by atoms with Crippen LogP contribution in [0.4, 0.5) is 10.1 Å². The first-order chi connectivity index (χ1) is 9.51. The highest BCUT2D eigenvalue weighted by atomic mass is 19.1. The van der Waals surface area contributed by atoms with Crippen LogP contribution >= 0.6 is 0 Å². The van der Waals surface area contributed by atoms with E-state index in [2.05, 4.69) is 9.84 Å². The Morgan fingerprint density at radius 2 is 2.10 bits per heavy atom. The number of nitrogens with zero attached hydrogens (tertiary/aromatic N) is 3. The SMILES string of the molecule is COC(=O)c1nn(Cc2ccc(F)cc2)cc1[N+](=O)O. The lowest BCUT2D eigenvalue weighted by Crippen LogP contribution is -2.07. The van der Waals surface area contributed by atoms with Gasteiger partial charge in [0, 0.05) is 0 Å². The van der Waals surface area contributed by atoms with Gasteiger partial charge in [-0.1, -0.05) is 12.1 Å². The van der Waals surface area contributed by atoms with Crippen molar-refractivity contribution >= 4 is 11.7 Å². The second-order valence-corrected chi connectivity index (χ2v) is 3.95. The van der Waals surface area contributed by atoms with Crippen LogP contribution in [0.5, 0.6) is 0 Å². The number of ether oxygens (including phenoxy) is 1. The molecule has 0 saturated carbocycles. The minimum Gasteiger partial charge on any atom is -0.464 e. The van der Waals surface area contributed by atoms with Crippen molar-refractivity contribution in [3.63, 3.8) is 0 Å². The molecule has 0 atom stereocenters. The average molecular weight is 280 g/mol. The molecule has 1 aromatic carbocycles. The molecule has 0 unspecified atom stereocenters. The Labute approximate surface area is 112 Å². The van der Waals surface area contributed by atoms with Crippen molar-refractivity contribution in [1.29, 1.82) is 0 Å². The van der Waals surface area contributed by atoms with Crippen molar-refractivity contribution in [1.82, 2.24) is 9.78 Å². The largest absolute Gasteiger partial charge is 0.464 e. The molecule has 0 aliphatic carbocycles. The second kappa shape index (κ2) is 5.47. The molecular formula is C12H11FN3O4+. The van der Waals surface area contributed by atoms with Crippen LogP contribution in [-0.4, -0.2) is 33.0 Å². The lowest BCUT2D eigenvalue weighted by atomic mass is 10.2. The Morgan fingerprint density at radius 1 is 1.45 bits per heavy atom. The molecule has 1 aromatic heterocycles. The number of esters is 1. The van der Waals surface area contributed by atoms with Gasteiger partial charge in [-0.15, -0.1) is 0 Å². The summed E-state index contributed by atoms with van der Waals surface area (Å²) < 4.78 is 18.5. The Morgan fingerprint density at radius 3 is 2.65 bits per heavy atom. The maximum atomic E-state index is 12.8. The minimum absolute atomic E-state index is 0.206. The number of carbonyl (C=O) groups is 1. The van der Waals surface area contributed by atoms with Crippen LogP contribution in [0, 0.1) is 10.7 Å². The van der Waals surface area contributed by atoms with Gasteiger partial charge in [0.2, 0.25) is 0 Å². The molecule has 8 heteroatoms. The van der Waals surface area contributed by atoms with Gasteiger partial charge < -0.3 is 4.74 Å². The van der Waals surface area contributed by atoms with E-state index in [0.29, 0.717) is 5.56 Å². The highest BCUT2D eigenvalue weighted by Crippen LogP contribution is 2.18. The van der Waals surface area contributed by atoms with E-state index in [1.54, 1.807) is 12.1 Å². The topological polar surface area (TPSA) is 84.4 Å². The number of hydrogen-bond acceptors (Lipinski definition) is 4. The average Bonchev–Trinajstić information content (AvgIpc) is 2.84. The summed E-state index contributed by atoms with van der Waals surface area (Å²) in [5.74, 6) is -1.21. The summed E-state index contributed by atoms with van der Waals surface area (Å²) >= 11 is 0. The molecule has 2 aromatic rings. The van der Waals surface area contributed by atoms with Crippen molar-refractivity contribution in [2.24, 2.45) is 0 Å². The smallest absolute Gasteiger partial charge is 0.368 e. The van der Waals surface area contributed by atoms with E-state index in [4.69, 9.17) is 5.21 Å². The molecule has 20 heavy (non-hydrogen) atoms. The Bertz CT molecular complexity index is 651. The van der Waals surface area contributed by atoms with Crippen LogP contribution in [0.2, 0.25) is 0 Å². The Hall–Kier alpha value is -2.77. The monoisotopic (exact) mass is 280 g/mol. The van der Waals surface area contributed by atoms with Crippen LogP contribution in [0.15, 0.2) is 30.5 Å². The number of benzene rings is 1. The molecule has 0 saturated heterocycles. The number of methoxy groups -OCH3 is 1. The molecule has 7 nitrogen and oxygen atoms in total. The van der Waals surface area contributed by atoms with Crippen molar-refractivity contribution in [2.75, 3.05) is 7.11 Å². The summed E-state index contributed by atoms with van der Waals surface area (Å²) in [7, 11) is 1.14. The highest BCUT2D eigenvalue weighted by molar-refractivity contribution is 5.91. The molecule has 0 bridgehead atoms. The third-order valence-electron chi connectivity index (χ3n) is 2.59. The van der Waals surface area contributed by atoms with Crippen LogP contribution in [0.25, 0.3) is 0 Å². The van der Waals surface area contributed by atoms with E-state index in [1.807, 2.05) is 0 Å². The van der Waals surface area contributed by atoms with Gasteiger partial charge >= 0.3 is 11.7 Å². The van der Waals surface area contributed by atoms with Crippen molar-refractivity contribution < 1.29 is 24.1 Å². The van der Waals surface area contributed by atoms with Crippen LogP contribution in [-0.2, 0) is 11.3 Å². The van der Waals surface area contributed by atoms with E-state index in [-0.39, 0.29) is 23.7 Å². The van der Waals surface area contributed by atoms with Crippen molar-refractivity contribution in [2.45, 2.75) is 6.54 Å². The molecule has 104 valence electrons. The molecule has 1 heterocycles. The summed E-state index contributed by atoms with van der Waals surface area (Å²) in [6.07, 6.45) is 1.20. The van der Waals surface area contributed by atoms with E-state index in [0.717, 1.165) is 7.11 Å². The first kappa shape index (κ1) is 13.7. The van der Waals surface area contributed by atoms with Crippen LogP contribution in [0.1, 0.15) is 16.1 Å². The van der Waals surface area contributed by atoms with E-state index >= 15 is 0 Å². The third kappa shape index (κ3) is 2.79. The summed E-state index contributed by atoms with van der Waals surface area (Å²) in [5.41, 5.74) is 0.0957. The zero-order valence-corrected chi connectivity index (χ0v) is 10.5.